The Morgan fingerprint density at radius 2 is 1.67 bits per heavy atom. The normalized spacial score (nSPS) is 19.9. The number of halogens is 3. The zero-order valence-electron chi connectivity index (χ0n) is 13.4. The van der Waals surface area contributed by atoms with E-state index in [2.05, 4.69) is 5.32 Å². The molecule has 0 amide bonds. The number of hydrogen-bond acceptors (Lipinski definition) is 3. The van der Waals surface area contributed by atoms with Crippen molar-refractivity contribution in [3.8, 4) is 0 Å². The van der Waals surface area contributed by atoms with E-state index in [0.29, 0.717) is 34.7 Å². The van der Waals surface area contributed by atoms with Crippen molar-refractivity contribution >= 4 is 45.6 Å². The van der Waals surface area contributed by atoms with Gasteiger partial charge in [0, 0.05) is 34.7 Å². The summed E-state index contributed by atoms with van der Waals surface area (Å²) in [5, 5.41) is 4.37. The molecule has 2 aliphatic rings. The minimum atomic E-state index is -3.39. The van der Waals surface area contributed by atoms with Crippen LogP contribution in [0.15, 0.2) is 18.2 Å². The van der Waals surface area contributed by atoms with Crippen LogP contribution >= 0.6 is 35.6 Å². The molecule has 1 saturated heterocycles. The molecule has 0 unspecified atom stereocenters. The van der Waals surface area contributed by atoms with E-state index in [1.54, 1.807) is 22.5 Å². The lowest BCUT2D eigenvalue weighted by molar-refractivity contribution is 0.287. The largest absolute Gasteiger partial charge is 0.314 e. The van der Waals surface area contributed by atoms with Gasteiger partial charge in [-0.05, 0) is 50.3 Å². The lowest BCUT2D eigenvalue weighted by Crippen LogP contribution is -2.45. The fraction of sp³-hybridized carbons (Fsp3) is 0.625. The molecule has 1 N–H and O–H groups in total. The van der Waals surface area contributed by atoms with E-state index in [1.165, 1.54) is 12.8 Å². The van der Waals surface area contributed by atoms with Crippen LogP contribution in [0.4, 0.5) is 0 Å². The maximum absolute atomic E-state index is 12.6. The molecule has 4 nitrogen and oxygen atoms in total. The Kier molecular flexibility index (Phi) is 7.23. The van der Waals surface area contributed by atoms with E-state index in [9.17, 15) is 8.42 Å². The number of hydrogen-bond donors (Lipinski definition) is 1. The van der Waals surface area contributed by atoms with Gasteiger partial charge in [-0.2, -0.15) is 0 Å². The Balaban J connectivity index is 0.00000208. The molecule has 0 bridgehead atoms. The topological polar surface area (TPSA) is 49.4 Å². The molecule has 24 heavy (non-hydrogen) atoms. The van der Waals surface area contributed by atoms with Crippen LogP contribution in [0.2, 0.25) is 10.0 Å². The highest BCUT2D eigenvalue weighted by molar-refractivity contribution is 7.88. The summed E-state index contributed by atoms with van der Waals surface area (Å²) in [7, 11) is -3.39. The molecule has 0 radical (unpaired) electrons. The Bertz CT molecular complexity index is 637. The third-order valence-electron chi connectivity index (χ3n) is 4.63. The summed E-state index contributed by atoms with van der Waals surface area (Å²) in [4.78, 5) is 0. The van der Waals surface area contributed by atoms with E-state index in [0.717, 1.165) is 25.3 Å². The second-order valence-corrected chi connectivity index (χ2v) is 9.26. The Morgan fingerprint density at radius 1 is 1.08 bits per heavy atom. The quantitative estimate of drug-likeness (QED) is 0.773. The molecule has 1 saturated carbocycles. The Labute approximate surface area is 160 Å². The smallest absolute Gasteiger partial charge is 0.218 e. The molecule has 1 aromatic rings. The second kappa shape index (κ2) is 8.56. The number of nitrogens with zero attached hydrogens (tertiary/aromatic N) is 1. The van der Waals surface area contributed by atoms with E-state index in [4.69, 9.17) is 23.2 Å². The first-order valence-electron chi connectivity index (χ1n) is 8.10. The van der Waals surface area contributed by atoms with Gasteiger partial charge >= 0.3 is 0 Å². The fourth-order valence-corrected chi connectivity index (χ4v) is 5.25. The molecule has 8 heteroatoms. The lowest BCUT2D eigenvalue weighted by atomic mass is 10.1. The first kappa shape index (κ1) is 20.3. The maximum atomic E-state index is 12.6. The summed E-state index contributed by atoms with van der Waals surface area (Å²) >= 11 is 12.2. The molecule has 0 atom stereocenters. The number of benzene rings is 1. The summed E-state index contributed by atoms with van der Waals surface area (Å²) in [5.74, 6) is 0.713. The van der Waals surface area contributed by atoms with E-state index >= 15 is 0 Å². The zero-order valence-corrected chi connectivity index (χ0v) is 16.5. The molecular formula is C16H23Cl3N2O2S. The van der Waals surface area contributed by atoms with Gasteiger partial charge in [0.2, 0.25) is 10.0 Å². The average Bonchev–Trinajstić information content (AvgIpc) is 3.34. The number of piperidine rings is 1. The summed E-state index contributed by atoms with van der Waals surface area (Å²) in [6, 6.07) is 5.50. The van der Waals surface area contributed by atoms with Gasteiger partial charge < -0.3 is 5.32 Å². The van der Waals surface area contributed by atoms with Crippen LogP contribution in [-0.4, -0.2) is 38.4 Å². The van der Waals surface area contributed by atoms with Crippen molar-refractivity contribution in [1.82, 2.24) is 9.62 Å². The molecule has 0 spiro atoms. The fourth-order valence-electron chi connectivity index (χ4n) is 2.94. The highest BCUT2D eigenvalue weighted by atomic mass is 35.5. The molecular weight excluding hydrogens is 391 g/mol. The van der Waals surface area contributed by atoms with Gasteiger partial charge in [0.1, 0.15) is 0 Å². The third kappa shape index (κ3) is 5.23. The van der Waals surface area contributed by atoms with Crippen LogP contribution in [0.25, 0.3) is 0 Å². The van der Waals surface area contributed by atoms with Crippen LogP contribution in [-0.2, 0) is 15.8 Å². The van der Waals surface area contributed by atoms with Crippen molar-refractivity contribution in [2.45, 2.75) is 37.5 Å². The van der Waals surface area contributed by atoms with Crippen LogP contribution in [0.5, 0.6) is 0 Å². The van der Waals surface area contributed by atoms with Crippen molar-refractivity contribution in [2.75, 3.05) is 19.6 Å². The predicted molar refractivity (Wildman–Crippen MR) is 102 cm³/mol. The molecule has 1 aliphatic heterocycles. The first-order valence-corrected chi connectivity index (χ1v) is 10.5. The minimum absolute atomic E-state index is 0. The third-order valence-corrected chi connectivity index (χ3v) is 7.14. The van der Waals surface area contributed by atoms with Crippen LogP contribution in [0.1, 0.15) is 31.2 Å². The minimum Gasteiger partial charge on any atom is -0.314 e. The molecule has 1 aromatic carbocycles. The van der Waals surface area contributed by atoms with Crippen LogP contribution in [0.3, 0.4) is 0 Å². The monoisotopic (exact) mass is 412 g/mol. The van der Waals surface area contributed by atoms with Crippen molar-refractivity contribution in [3.05, 3.63) is 33.8 Å². The van der Waals surface area contributed by atoms with E-state index in [1.807, 2.05) is 0 Å². The Hall–Kier alpha value is -0.0400. The molecule has 3 rings (SSSR count). The van der Waals surface area contributed by atoms with Gasteiger partial charge in [-0.25, -0.2) is 12.7 Å². The molecule has 1 aliphatic carbocycles. The van der Waals surface area contributed by atoms with Gasteiger partial charge in [-0.3, -0.25) is 0 Å². The highest BCUT2D eigenvalue weighted by Crippen LogP contribution is 2.29. The van der Waals surface area contributed by atoms with Gasteiger partial charge in [0.25, 0.3) is 0 Å². The van der Waals surface area contributed by atoms with Crippen LogP contribution in [0, 0.1) is 5.92 Å². The lowest BCUT2D eigenvalue weighted by Gasteiger charge is -2.32. The van der Waals surface area contributed by atoms with Crippen molar-refractivity contribution < 1.29 is 8.42 Å². The van der Waals surface area contributed by atoms with E-state index < -0.39 is 10.0 Å². The Morgan fingerprint density at radius 3 is 2.21 bits per heavy atom. The number of nitrogens with one attached hydrogen (secondary N) is 1. The molecule has 0 aromatic heterocycles. The van der Waals surface area contributed by atoms with Gasteiger partial charge in [-0.15, -0.1) is 12.4 Å². The highest BCUT2D eigenvalue weighted by Gasteiger charge is 2.30. The van der Waals surface area contributed by atoms with Crippen molar-refractivity contribution in [1.29, 1.82) is 0 Å². The van der Waals surface area contributed by atoms with Crippen molar-refractivity contribution in [3.63, 3.8) is 0 Å². The standard InChI is InChI=1S/C16H22Cl2N2O2S.ClH/c17-15-2-1-3-16(18)14(15)11-23(21,22)20-8-6-13(7-9-20)19-10-12-4-5-12;/h1-3,12-13,19H,4-11H2;1H. The van der Waals surface area contributed by atoms with Crippen molar-refractivity contribution in [2.24, 2.45) is 5.92 Å². The van der Waals surface area contributed by atoms with E-state index in [-0.39, 0.29) is 18.2 Å². The number of rotatable bonds is 6. The number of sulfonamides is 1. The SMILES string of the molecule is Cl.O=S(=O)(Cc1c(Cl)cccc1Cl)N1CCC(NCC2CC2)CC1. The average molecular weight is 414 g/mol. The van der Waals surface area contributed by atoms with Gasteiger partial charge in [0.15, 0.2) is 0 Å². The summed E-state index contributed by atoms with van der Waals surface area (Å²) in [5.41, 5.74) is 0.491. The second-order valence-electron chi connectivity index (χ2n) is 6.48. The first-order chi connectivity index (χ1) is 11.0. The summed E-state index contributed by atoms with van der Waals surface area (Å²) in [6.45, 7) is 2.20. The van der Waals surface area contributed by atoms with Gasteiger partial charge in [-0.1, -0.05) is 29.3 Å². The predicted octanol–water partition coefficient (Wildman–Crippen LogP) is 3.71. The molecule has 136 valence electrons. The van der Waals surface area contributed by atoms with Gasteiger partial charge in [0.05, 0.1) is 5.75 Å². The zero-order chi connectivity index (χ0) is 16.4. The maximum Gasteiger partial charge on any atom is 0.218 e. The molecule has 2 fully saturated rings. The summed E-state index contributed by atoms with van der Waals surface area (Å²) < 4.78 is 26.8. The summed E-state index contributed by atoms with van der Waals surface area (Å²) in [6.07, 6.45) is 4.39. The van der Waals surface area contributed by atoms with Crippen LogP contribution < -0.4 is 5.32 Å². The molecule has 1 heterocycles.